The van der Waals surface area contributed by atoms with E-state index in [0.29, 0.717) is 80.5 Å². The molecule has 6 aromatic carbocycles. The van der Waals surface area contributed by atoms with E-state index >= 15 is 0 Å². The zero-order valence-electron chi connectivity index (χ0n) is 54.3. The van der Waals surface area contributed by atoms with Crippen LogP contribution < -0.4 is 60.3 Å². The van der Waals surface area contributed by atoms with Crippen molar-refractivity contribution in [1.82, 2.24) is 20.4 Å². The summed E-state index contributed by atoms with van der Waals surface area (Å²) in [5.41, 5.74) is 3.58. The number of nitrogens with one attached hydrogen (secondary N) is 6. The van der Waals surface area contributed by atoms with Gasteiger partial charge in [0.1, 0.15) is 35.2 Å². The van der Waals surface area contributed by atoms with Gasteiger partial charge in [-0.15, -0.1) is 0 Å². The number of rotatable bonds is 26. The highest BCUT2D eigenvalue weighted by molar-refractivity contribution is 6.05. The maximum absolute atomic E-state index is 12.9. The minimum absolute atomic E-state index is 0.124. The molecule has 91 heavy (non-hydrogen) atoms. The summed E-state index contributed by atoms with van der Waals surface area (Å²) in [5.74, 6) is 4.27. The molecule has 0 aromatic heterocycles. The van der Waals surface area contributed by atoms with E-state index in [9.17, 15) is 19.2 Å². The highest BCUT2D eigenvalue weighted by atomic mass is 16.5. The minimum atomic E-state index is -0.261. The van der Waals surface area contributed by atoms with Crippen LogP contribution >= 0.6 is 0 Å². The lowest BCUT2D eigenvalue weighted by molar-refractivity contribution is 0.0101. The first kappa shape index (κ1) is 68.4. The Labute approximate surface area is 537 Å². The van der Waals surface area contributed by atoms with Crippen molar-refractivity contribution in [2.24, 2.45) is 0 Å². The standard InChI is InChI=1S/C36H46N4O6.C36H48N4O5/c1-4-26(5-2)38-36(42)39-28-10-15-33(34(24-28)43-3)46-31-13-8-27(9-14-31)37-35(41)25-6-11-30(12-7-25)45-32-16-20-40(21-17-32)29-18-22-44-23-19-29;1-6-9-25(4)40-22-20-32(21-23-40)44-30-15-10-26(11-16-30)35(41)37-28-12-17-31(18-13-28)45-33-19-14-29(24-34(33)43-5)39-36(42)38-27(7-2)8-3/h6-15,24,26,29,32H,4-5,16-23H2,1-3H3,(H,37,41)(H2,38,39,42);10-19,24-25,27,32H,6-9,20-23H2,1-5H3,(H,37,41)(H2,38,39,42). The van der Waals surface area contributed by atoms with Gasteiger partial charge in [-0.3, -0.25) is 14.5 Å². The highest BCUT2D eigenvalue weighted by Gasteiger charge is 2.28. The van der Waals surface area contributed by atoms with Crippen LogP contribution in [-0.2, 0) is 4.74 Å². The monoisotopic (exact) mass is 1250 g/mol. The lowest BCUT2D eigenvalue weighted by Gasteiger charge is -2.39. The van der Waals surface area contributed by atoms with Gasteiger partial charge in [-0.25, -0.2) is 9.59 Å². The van der Waals surface area contributed by atoms with Gasteiger partial charge >= 0.3 is 12.1 Å². The zero-order chi connectivity index (χ0) is 64.5. The van der Waals surface area contributed by atoms with E-state index in [4.69, 9.17) is 33.2 Å². The van der Waals surface area contributed by atoms with Crippen molar-refractivity contribution < 1.29 is 52.3 Å². The number of urea groups is 2. The maximum Gasteiger partial charge on any atom is 0.319 e. The smallest absolute Gasteiger partial charge is 0.319 e. The van der Waals surface area contributed by atoms with Gasteiger partial charge in [0, 0.05) is 110 Å². The zero-order valence-corrected chi connectivity index (χ0v) is 54.3. The summed E-state index contributed by atoms with van der Waals surface area (Å²) in [6.07, 6.45) is 12.6. The molecule has 0 spiro atoms. The van der Waals surface area contributed by atoms with Crippen LogP contribution in [0.15, 0.2) is 133 Å². The maximum atomic E-state index is 12.9. The number of hydrogen-bond acceptors (Lipinski definition) is 13. The van der Waals surface area contributed by atoms with Gasteiger partial charge in [-0.05, 0) is 199 Å². The van der Waals surface area contributed by atoms with E-state index in [2.05, 4.69) is 55.5 Å². The fourth-order valence-electron chi connectivity index (χ4n) is 11.4. The van der Waals surface area contributed by atoms with Crippen LogP contribution in [0.2, 0.25) is 0 Å². The number of benzene rings is 6. The Hall–Kier alpha value is -8.52. The third-order valence-corrected chi connectivity index (χ3v) is 17.0. The van der Waals surface area contributed by atoms with E-state index in [-0.39, 0.29) is 48.2 Å². The van der Waals surface area contributed by atoms with Gasteiger partial charge in [0.15, 0.2) is 23.0 Å². The average molecular weight is 1250 g/mol. The van der Waals surface area contributed by atoms with Crippen molar-refractivity contribution in [1.29, 1.82) is 0 Å². The number of ether oxygens (including phenoxy) is 7. The molecule has 6 amide bonds. The first-order valence-corrected chi connectivity index (χ1v) is 32.5. The number of likely N-dealkylation sites (tertiary alicyclic amines) is 2. The summed E-state index contributed by atoms with van der Waals surface area (Å²) in [6.45, 7) is 18.7. The van der Waals surface area contributed by atoms with E-state index in [1.807, 2.05) is 52.0 Å². The van der Waals surface area contributed by atoms with Gasteiger partial charge in [0.2, 0.25) is 0 Å². The minimum Gasteiger partial charge on any atom is -0.493 e. The van der Waals surface area contributed by atoms with E-state index < -0.39 is 0 Å². The molecule has 19 nitrogen and oxygen atoms in total. The molecule has 3 aliphatic heterocycles. The number of piperidine rings is 2. The summed E-state index contributed by atoms with van der Waals surface area (Å²) in [6, 6.07) is 40.3. The molecule has 0 bridgehead atoms. The topological polar surface area (TPSA) is 212 Å². The van der Waals surface area contributed by atoms with Gasteiger partial charge in [-0.2, -0.15) is 0 Å². The fourth-order valence-corrected chi connectivity index (χ4v) is 11.4. The number of carbonyl (C=O) groups excluding carboxylic acids is 4. The number of amides is 6. The van der Waals surface area contributed by atoms with Crippen LogP contribution in [0.1, 0.15) is 139 Å². The molecule has 488 valence electrons. The second-order valence-corrected chi connectivity index (χ2v) is 23.4. The molecule has 0 radical (unpaired) electrons. The summed E-state index contributed by atoms with van der Waals surface area (Å²) < 4.78 is 41.0. The molecule has 0 saturated carbocycles. The molecular weight excluding hydrogens is 1150 g/mol. The van der Waals surface area contributed by atoms with E-state index in [1.165, 1.54) is 12.8 Å². The van der Waals surface area contributed by atoms with E-state index in [0.717, 1.165) is 115 Å². The summed E-state index contributed by atoms with van der Waals surface area (Å²) in [4.78, 5) is 55.6. The largest absolute Gasteiger partial charge is 0.493 e. The Morgan fingerprint density at radius 1 is 0.473 bits per heavy atom. The predicted octanol–water partition coefficient (Wildman–Crippen LogP) is 15.2. The summed E-state index contributed by atoms with van der Waals surface area (Å²) >= 11 is 0. The van der Waals surface area contributed by atoms with Crippen LogP contribution in [0.3, 0.4) is 0 Å². The molecule has 6 N–H and O–H groups in total. The van der Waals surface area contributed by atoms with Crippen molar-refractivity contribution >= 4 is 46.6 Å². The molecule has 19 heteroatoms. The Bertz CT molecular complexity index is 3210. The molecule has 3 saturated heterocycles. The molecule has 6 aromatic rings. The van der Waals surface area contributed by atoms with Gasteiger partial charge < -0.3 is 70.0 Å². The van der Waals surface area contributed by atoms with Crippen molar-refractivity contribution in [2.45, 2.75) is 155 Å². The molecule has 9 rings (SSSR count). The summed E-state index contributed by atoms with van der Waals surface area (Å²) in [5, 5.41) is 17.5. The van der Waals surface area contributed by atoms with Crippen molar-refractivity contribution in [3.63, 3.8) is 0 Å². The van der Waals surface area contributed by atoms with Crippen LogP contribution in [-0.4, -0.2) is 124 Å². The van der Waals surface area contributed by atoms with Crippen molar-refractivity contribution in [2.75, 3.05) is 74.9 Å². The normalized spacial score (nSPS) is 15.3. The summed E-state index contributed by atoms with van der Waals surface area (Å²) in [7, 11) is 3.09. The Morgan fingerprint density at radius 2 is 0.857 bits per heavy atom. The number of hydrogen-bond donors (Lipinski definition) is 6. The molecule has 0 aliphatic carbocycles. The van der Waals surface area contributed by atoms with E-state index in [1.54, 1.807) is 123 Å². The second kappa shape index (κ2) is 35.2. The number of nitrogens with zero attached hydrogens (tertiary/aromatic N) is 2. The lowest BCUT2D eigenvalue weighted by Crippen LogP contribution is -2.46. The van der Waals surface area contributed by atoms with Crippen LogP contribution in [0, 0.1) is 0 Å². The van der Waals surface area contributed by atoms with Gasteiger partial charge in [0.25, 0.3) is 11.8 Å². The Morgan fingerprint density at radius 3 is 1.24 bits per heavy atom. The average Bonchev–Trinajstić information content (AvgIpc) is 3.36. The highest BCUT2D eigenvalue weighted by Crippen LogP contribution is 2.36. The van der Waals surface area contributed by atoms with Crippen LogP contribution in [0.5, 0.6) is 46.0 Å². The molecule has 3 fully saturated rings. The molecule has 3 heterocycles. The van der Waals surface area contributed by atoms with Crippen molar-refractivity contribution in [3.05, 3.63) is 145 Å². The molecular formula is C72H94N8O11. The predicted molar refractivity (Wildman–Crippen MR) is 360 cm³/mol. The van der Waals surface area contributed by atoms with Crippen LogP contribution in [0.25, 0.3) is 0 Å². The number of carbonyl (C=O) groups is 4. The molecule has 1 atom stereocenters. The number of anilines is 4. The number of methoxy groups -OCH3 is 2. The molecule has 1 unspecified atom stereocenters. The Kier molecular flexibility index (Phi) is 26.4. The third-order valence-electron chi connectivity index (χ3n) is 17.0. The van der Waals surface area contributed by atoms with Crippen LogP contribution in [0.4, 0.5) is 32.3 Å². The lowest BCUT2D eigenvalue weighted by atomic mass is 10.0. The van der Waals surface area contributed by atoms with Gasteiger partial charge in [-0.1, -0.05) is 41.0 Å². The molecule has 3 aliphatic rings. The SMILES string of the molecule is CCC(CC)NC(=O)Nc1ccc(Oc2ccc(NC(=O)c3ccc(OC4CCN(C5CCOCC5)CC4)cc3)cc2)c(OC)c1.CCCC(C)N1CCC(Oc2ccc(C(=O)Nc3ccc(Oc4ccc(NC(=O)NC(CC)CC)cc4OC)cc3)cc2)CC1. The quantitative estimate of drug-likeness (QED) is 0.0299. The first-order chi connectivity index (χ1) is 44.2. The third kappa shape index (κ3) is 21.0. The first-order valence-electron chi connectivity index (χ1n) is 32.5. The van der Waals surface area contributed by atoms with Gasteiger partial charge in [0.05, 0.1) is 14.2 Å². The second-order valence-electron chi connectivity index (χ2n) is 23.4. The fraction of sp³-hybridized carbons (Fsp3) is 0.444. The Balaban J connectivity index is 0.000000235. The van der Waals surface area contributed by atoms with Crippen molar-refractivity contribution in [3.8, 4) is 46.0 Å².